The van der Waals surface area contributed by atoms with E-state index in [1.54, 1.807) is 0 Å². The van der Waals surface area contributed by atoms with Gasteiger partial charge >= 0.3 is 0 Å². The molecule has 0 aliphatic heterocycles. The van der Waals surface area contributed by atoms with E-state index in [-0.39, 0.29) is 5.56 Å². The minimum Gasteiger partial charge on any atom is -0.381 e. The van der Waals surface area contributed by atoms with Gasteiger partial charge in [-0.1, -0.05) is 65.7 Å². The average Bonchev–Trinajstić information content (AvgIpc) is 3.18. The molecule has 0 aliphatic carbocycles. The third kappa shape index (κ3) is 3.81. The van der Waals surface area contributed by atoms with Crippen LogP contribution in [0.5, 0.6) is 0 Å². The van der Waals surface area contributed by atoms with Gasteiger partial charge in [0.05, 0.1) is 5.69 Å². The van der Waals surface area contributed by atoms with Crippen molar-refractivity contribution in [3.63, 3.8) is 0 Å². The van der Waals surface area contributed by atoms with E-state index in [1.807, 2.05) is 53.2 Å². The molecule has 0 bridgehead atoms. The van der Waals surface area contributed by atoms with Crippen LogP contribution in [0.15, 0.2) is 89.7 Å². The summed E-state index contributed by atoms with van der Waals surface area (Å²) in [5.41, 5.74) is 7.37. The molecule has 5 heteroatoms. The SMILES string of the molecule is Cc1ccc(NCc2cc3c(-c4ccc(C)cc4)nn(-c4ccccc4)c3[nH]c2=O)cc1. The largest absolute Gasteiger partial charge is 0.381 e. The molecule has 32 heavy (non-hydrogen) atoms. The second-order valence-electron chi connectivity index (χ2n) is 8.07. The highest BCUT2D eigenvalue weighted by atomic mass is 16.1. The number of nitrogens with zero attached hydrogens (tertiary/aromatic N) is 2. The zero-order chi connectivity index (χ0) is 22.1. The summed E-state index contributed by atoms with van der Waals surface area (Å²) in [6.07, 6.45) is 0. The standard InChI is InChI=1S/C27H24N4O/c1-18-8-12-20(13-9-18)25-24-16-21(17-28-22-14-10-19(2)11-15-22)27(32)29-26(24)31(30-25)23-6-4-3-5-7-23/h3-16,28H,17H2,1-2H3,(H,29,32). The molecular formula is C27H24N4O. The monoisotopic (exact) mass is 420 g/mol. The maximum absolute atomic E-state index is 12.9. The Morgan fingerprint density at radius 3 is 2.22 bits per heavy atom. The van der Waals surface area contributed by atoms with Crippen molar-refractivity contribution in [2.24, 2.45) is 0 Å². The van der Waals surface area contributed by atoms with Gasteiger partial charge in [-0.15, -0.1) is 0 Å². The predicted molar refractivity (Wildman–Crippen MR) is 130 cm³/mol. The number of nitrogens with one attached hydrogen (secondary N) is 2. The molecular weight excluding hydrogens is 396 g/mol. The maximum Gasteiger partial charge on any atom is 0.254 e. The highest BCUT2D eigenvalue weighted by Gasteiger charge is 2.16. The van der Waals surface area contributed by atoms with Crippen molar-refractivity contribution in [2.45, 2.75) is 20.4 Å². The van der Waals surface area contributed by atoms with Gasteiger partial charge < -0.3 is 10.3 Å². The van der Waals surface area contributed by atoms with E-state index in [2.05, 4.69) is 60.5 Å². The van der Waals surface area contributed by atoms with Crippen molar-refractivity contribution >= 4 is 16.7 Å². The summed E-state index contributed by atoms with van der Waals surface area (Å²) in [6.45, 7) is 4.55. The van der Waals surface area contributed by atoms with Gasteiger partial charge in [0.25, 0.3) is 5.56 Å². The van der Waals surface area contributed by atoms with Crippen LogP contribution in [0.3, 0.4) is 0 Å². The van der Waals surface area contributed by atoms with Crippen molar-refractivity contribution in [3.8, 4) is 16.9 Å². The van der Waals surface area contributed by atoms with Crippen LogP contribution >= 0.6 is 0 Å². The fraction of sp³-hybridized carbons (Fsp3) is 0.111. The van der Waals surface area contributed by atoms with Crippen LogP contribution in [0.4, 0.5) is 5.69 Å². The van der Waals surface area contributed by atoms with Crippen molar-refractivity contribution in [1.82, 2.24) is 14.8 Å². The van der Waals surface area contributed by atoms with E-state index in [4.69, 9.17) is 5.10 Å². The molecule has 0 saturated carbocycles. The molecule has 0 fully saturated rings. The molecule has 0 unspecified atom stereocenters. The number of hydrogen-bond acceptors (Lipinski definition) is 3. The maximum atomic E-state index is 12.9. The summed E-state index contributed by atoms with van der Waals surface area (Å²) in [5.74, 6) is 0. The van der Waals surface area contributed by atoms with Crippen molar-refractivity contribution < 1.29 is 0 Å². The van der Waals surface area contributed by atoms with Gasteiger partial charge in [-0.2, -0.15) is 5.10 Å². The van der Waals surface area contributed by atoms with Crippen LogP contribution in [0, 0.1) is 13.8 Å². The van der Waals surface area contributed by atoms with Crippen molar-refractivity contribution in [2.75, 3.05) is 5.32 Å². The lowest BCUT2D eigenvalue weighted by Crippen LogP contribution is -2.16. The number of pyridine rings is 1. The number of aromatic amines is 1. The van der Waals surface area contributed by atoms with E-state index in [1.165, 1.54) is 11.1 Å². The Kier molecular flexibility index (Phi) is 5.07. The first-order chi connectivity index (χ1) is 15.6. The molecule has 5 nitrogen and oxygen atoms in total. The lowest BCUT2D eigenvalue weighted by Gasteiger charge is -2.07. The van der Waals surface area contributed by atoms with Crippen molar-refractivity contribution in [3.05, 3.63) is 112 Å². The average molecular weight is 421 g/mol. The Labute approximate surface area is 186 Å². The summed E-state index contributed by atoms with van der Waals surface area (Å²) in [4.78, 5) is 16.0. The van der Waals surface area contributed by atoms with Gasteiger partial charge in [-0.3, -0.25) is 4.79 Å². The Balaban J connectivity index is 1.62. The topological polar surface area (TPSA) is 62.7 Å². The van der Waals surface area contributed by atoms with E-state index in [9.17, 15) is 4.79 Å². The van der Waals surface area contributed by atoms with E-state index in [0.29, 0.717) is 17.8 Å². The number of aryl methyl sites for hydroxylation is 2. The van der Waals surface area contributed by atoms with Gasteiger partial charge in [0, 0.05) is 28.7 Å². The summed E-state index contributed by atoms with van der Waals surface area (Å²) >= 11 is 0. The number of benzene rings is 3. The molecule has 5 aromatic rings. The Morgan fingerprint density at radius 2 is 1.53 bits per heavy atom. The van der Waals surface area contributed by atoms with E-state index < -0.39 is 0 Å². The molecule has 0 saturated heterocycles. The highest BCUT2D eigenvalue weighted by molar-refractivity contribution is 5.92. The molecule has 0 amide bonds. The molecule has 0 radical (unpaired) electrons. The molecule has 0 aliphatic rings. The first-order valence-electron chi connectivity index (χ1n) is 10.7. The Bertz CT molecular complexity index is 1430. The fourth-order valence-electron chi connectivity index (χ4n) is 3.80. The van der Waals surface area contributed by atoms with Gasteiger partial charge in [0.15, 0.2) is 0 Å². The number of para-hydroxylation sites is 1. The third-order valence-electron chi connectivity index (χ3n) is 5.62. The summed E-state index contributed by atoms with van der Waals surface area (Å²) in [7, 11) is 0. The van der Waals surface area contributed by atoms with Crippen LogP contribution in [0.2, 0.25) is 0 Å². The number of H-pyrrole nitrogens is 1. The van der Waals surface area contributed by atoms with Crippen LogP contribution < -0.4 is 10.9 Å². The molecule has 158 valence electrons. The van der Waals surface area contributed by atoms with Gasteiger partial charge in [0.2, 0.25) is 0 Å². The second-order valence-corrected chi connectivity index (χ2v) is 8.07. The zero-order valence-electron chi connectivity index (χ0n) is 18.1. The zero-order valence-corrected chi connectivity index (χ0v) is 18.1. The van der Waals surface area contributed by atoms with Crippen LogP contribution in [-0.4, -0.2) is 14.8 Å². The molecule has 0 atom stereocenters. The Morgan fingerprint density at radius 1 is 0.875 bits per heavy atom. The van der Waals surface area contributed by atoms with Gasteiger partial charge in [-0.05, 0) is 44.2 Å². The second kappa shape index (κ2) is 8.19. The molecule has 2 N–H and O–H groups in total. The minimum atomic E-state index is -0.121. The number of aromatic nitrogens is 3. The summed E-state index contributed by atoms with van der Waals surface area (Å²) in [5, 5.41) is 9.16. The van der Waals surface area contributed by atoms with Crippen LogP contribution in [-0.2, 0) is 6.54 Å². The molecule has 2 aromatic heterocycles. The lowest BCUT2D eigenvalue weighted by atomic mass is 10.1. The highest BCUT2D eigenvalue weighted by Crippen LogP contribution is 2.29. The quantitative estimate of drug-likeness (QED) is 0.388. The van der Waals surface area contributed by atoms with Gasteiger partial charge in [-0.25, -0.2) is 4.68 Å². The van der Waals surface area contributed by atoms with Crippen LogP contribution in [0.1, 0.15) is 16.7 Å². The first kappa shape index (κ1) is 19.8. The smallest absolute Gasteiger partial charge is 0.254 e. The fourth-order valence-corrected chi connectivity index (χ4v) is 3.80. The van der Waals surface area contributed by atoms with Crippen LogP contribution in [0.25, 0.3) is 28.0 Å². The Hall–Kier alpha value is -4.12. The number of rotatable bonds is 5. The number of anilines is 1. The molecule has 0 spiro atoms. The van der Waals surface area contributed by atoms with E-state index in [0.717, 1.165) is 28.0 Å². The normalized spacial score (nSPS) is 11.1. The van der Waals surface area contributed by atoms with Crippen molar-refractivity contribution in [1.29, 1.82) is 0 Å². The van der Waals surface area contributed by atoms with E-state index >= 15 is 0 Å². The predicted octanol–water partition coefficient (Wildman–Crippen LogP) is 5.61. The molecule has 2 heterocycles. The number of fused-ring (bicyclic) bond motifs is 1. The minimum absolute atomic E-state index is 0.121. The lowest BCUT2D eigenvalue weighted by molar-refractivity contribution is 0.896. The van der Waals surface area contributed by atoms with Gasteiger partial charge in [0.1, 0.15) is 11.3 Å². The third-order valence-corrected chi connectivity index (χ3v) is 5.62. The molecule has 3 aromatic carbocycles. The number of hydrogen-bond donors (Lipinski definition) is 2. The summed E-state index contributed by atoms with van der Waals surface area (Å²) < 4.78 is 1.81. The summed E-state index contributed by atoms with van der Waals surface area (Å²) in [6, 6.07) is 28.3. The molecule has 5 rings (SSSR count). The first-order valence-corrected chi connectivity index (χ1v) is 10.7.